The van der Waals surface area contributed by atoms with Crippen molar-refractivity contribution < 1.29 is 9.53 Å². The number of rotatable bonds is 6. The smallest absolute Gasteiger partial charge is 0.182 e. The number of nitrogens with zero attached hydrogens (tertiary/aromatic N) is 1. The van der Waals surface area contributed by atoms with Gasteiger partial charge in [0.15, 0.2) is 5.78 Å². The van der Waals surface area contributed by atoms with Gasteiger partial charge in [0.25, 0.3) is 0 Å². The fourth-order valence-electron chi connectivity index (χ4n) is 1.24. The maximum absolute atomic E-state index is 11.6. The lowest BCUT2D eigenvalue weighted by atomic mass is 10.1. The summed E-state index contributed by atoms with van der Waals surface area (Å²) in [4.78, 5) is 15.6. The van der Waals surface area contributed by atoms with Crippen LogP contribution in [0.25, 0.3) is 0 Å². The molecule has 0 saturated carbocycles. The SMILES string of the molecule is COCCC(N)CC(=O)c1ccccn1. The molecule has 1 aromatic rings. The van der Waals surface area contributed by atoms with Crippen LogP contribution in [0.3, 0.4) is 0 Å². The van der Waals surface area contributed by atoms with Crippen molar-refractivity contribution in [3.63, 3.8) is 0 Å². The van der Waals surface area contributed by atoms with Crippen LogP contribution in [-0.4, -0.2) is 30.5 Å². The summed E-state index contributed by atoms with van der Waals surface area (Å²) in [5.74, 6) is -0.0146. The van der Waals surface area contributed by atoms with Gasteiger partial charge < -0.3 is 10.5 Å². The van der Waals surface area contributed by atoms with E-state index in [0.717, 1.165) is 0 Å². The summed E-state index contributed by atoms with van der Waals surface area (Å²) in [5, 5.41) is 0. The first-order chi connectivity index (χ1) is 7.24. The van der Waals surface area contributed by atoms with Crippen molar-refractivity contribution in [2.24, 2.45) is 5.73 Å². The zero-order chi connectivity index (χ0) is 11.1. The first kappa shape index (κ1) is 11.8. The van der Waals surface area contributed by atoms with Crippen LogP contribution in [0, 0.1) is 0 Å². The van der Waals surface area contributed by atoms with Crippen LogP contribution < -0.4 is 5.73 Å². The molecule has 1 aromatic heterocycles. The molecule has 1 atom stereocenters. The Labute approximate surface area is 89.5 Å². The fourth-order valence-corrected chi connectivity index (χ4v) is 1.24. The van der Waals surface area contributed by atoms with Gasteiger partial charge in [-0.1, -0.05) is 6.07 Å². The number of ether oxygens (including phenoxy) is 1. The Hall–Kier alpha value is -1.26. The molecular weight excluding hydrogens is 192 g/mol. The molecule has 0 spiro atoms. The van der Waals surface area contributed by atoms with Crippen LogP contribution in [0.15, 0.2) is 24.4 Å². The highest BCUT2D eigenvalue weighted by atomic mass is 16.5. The molecule has 4 nitrogen and oxygen atoms in total. The highest BCUT2D eigenvalue weighted by Gasteiger charge is 2.11. The molecule has 15 heavy (non-hydrogen) atoms. The van der Waals surface area contributed by atoms with Crippen molar-refractivity contribution in [2.75, 3.05) is 13.7 Å². The molecule has 1 heterocycles. The molecule has 0 aromatic carbocycles. The van der Waals surface area contributed by atoms with E-state index in [2.05, 4.69) is 4.98 Å². The second-order valence-electron chi connectivity index (χ2n) is 3.38. The highest BCUT2D eigenvalue weighted by Crippen LogP contribution is 2.03. The minimum atomic E-state index is -0.153. The summed E-state index contributed by atoms with van der Waals surface area (Å²) in [6.45, 7) is 0.580. The van der Waals surface area contributed by atoms with Crippen molar-refractivity contribution in [3.05, 3.63) is 30.1 Å². The minimum absolute atomic E-state index is 0.0146. The Balaban J connectivity index is 2.42. The van der Waals surface area contributed by atoms with E-state index < -0.39 is 0 Å². The first-order valence-corrected chi connectivity index (χ1v) is 4.92. The topological polar surface area (TPSA) is 65.2 Å². The van der Waals surface area contributed by atoms with Gasteiger partial charge in [0.1, 0.15) is 5.69 Å². The number of ketones is 1. The molecule has 0 aliphatic rings. The van der Waals surface area contributed by atoms with Crippen LogP contribution in [0.2, 0.25) is 0 Å². The van der Waals surface area contributed by atoms with Gasteiger partial charge >= 0.3 is 0 Å². The van der Waals surface area contributed by atoms with Crippen molar-refractivity contribution in [1.82, 2.24) is 4.98 Å². The van der Waals surface area contributed by atoms with E-state index >= 15 is 0 Å². The Morgan fingerprint density at radius 3 is 3.00 bits per heavy atom. The molecule has 1 rings (SSSR count). The molecule has 2 N–H and O–H groups in total. The molecule has 0 bridgehead atoms. The predicted octanol–water partition coefficient (Wildman–Crippen LogP) is 1.02. The van der Waals surface area contributed by atoms with Crippen LogP contribution >= 0.6 is 0 Å². The number of carbonyl (C=O) groups is 1. The molecular formula is C11H16N2O2. The lowest BCUT2D eigenvalue weighted by Gasteiger charge is -2.09. The Morgan fingerprint density at radius 2 is 2.40 bits per heavy atom. The van der Waals surface area contributed by atoms with Gasteiger partial charge in [-0.25, -0.2) is 0 Å². The quantitative estimate of drug-likeness (QED) is 0.709. The van der Waals surface area contributed by atoms with Crippen LogP contribution in [0.5, 0.6) is 0 Å². The second kappa shape index (κ2) is 6.27. The summed E-state index contributed by atoms with van der Waals surface area (Å²) < 4.78 is 4.89. The fraction of sp³-hybridized carbons (Fsp3) is 0.455. The van der Waals surface area contributed by atoms with Crippen molar-refractivity contribution >= 4 is 5.78 Å². The Kier molecular flexibility index (Phi) is 4.93. The van der Waals surface area contributed by atoms with E-state index in [4.69, 9.17) is 10.5 Å². The summed E-state index contributed by atoms with van der Waals surface area (Å²) in [6, 6.07) is 5.12. The van der Waals surface area contributed by atoms with E-state index in [1.54, 1.807) is 31.5 Å². The highest BCUT2D eigenvalue weighted by molar-refractivity contribution is 5.94. The van der Waals surface area contributed by atoms with Gasteiger partial charge in [0.05, 0.1) is 0 Å². The number of hydrogen-bond acceptors (Lipinski definition) is 4. The van der Waals surface area contributed by atoms with Gasteiger partial charge in [0.2, 0.25) is 0 Å². The van der Waals surface area contributed by atoms with Gasteiger partial charge in [-0.15, -0.1) is 0 Å². The molecule has 0 fully saturated rings. The van der Waals surface area contributed by atoms with E-state index in [0.29, 0.717) is 25.1 Å². The van der Waals surface area contributed by atoms with E-state index in [1.807, 2.05) is 0 Å². The summed E-state index contributed by atoms with van der Waals surface area (Å²) >= 11 is 0. The van der Waals surface area contributed by atoms with Crippen LogP contribution in [0.1, 0.15) is 23.3 Å². The van der Waals surface area contributed by atoms with Crippen molar-refractivity contribution in [1.29, 1.82) is 0 Å². The number of nitrogens with two attached hydrogens (primary N) is 1. The lowest BCUT2D eigenvalue weighted by Crippen LogP contribution is -2.25. The largest absolute Gasteiger partial charge is 0.385 e. The molecule has 0 saturated heterocycles. The average Bonchev–Trinajstić information content (AvgIpc) is 2.27. The molecule has 1 unspecified atom stereocenters. The van der Waals surface area contributed by atoms with Crippen LogP contribution in [0.4, 0.5) is 0 Å². The predicted molar refractivity (Wildman–Crippen MR) is 57.7 cm³/mol. The first-order valence-electron chi connectivity index (χ1n) is 4.92. The van der Waals surface area contributed by atoms with Crippen LogP contribution in [-0.2, 0) is 4.74 Å². The van der Waals surface area contributed by atoms with Gasteiger partial charge in [0, 0.05) is 32.4 Å². The summed E-state index contributed by atoms with van der Waals surface area (Å²) in [5.41, 5.74) is 6.25. The van der Waals surface area contributed by atoms with Gasteiger partial charge in [-0.2, -0.15) is 0 Å². The van der Waals surface area contributed by atoms with Crippen molar-refractivity contribution in [2.45, 2.75) is 18.9 Å². The monoisotopic (exact) mass is 208 g/mol. The number of pyridine rings is 1. The average molecular weight is 208 g/mol. The summed E-state index contributed by atoms with van der Waals surface area (Å²) in [6.07, 6.45) is 2.61. The molecule has 0 amide bonds. The van der Waals surface area contributed by atoms with E-state index in [1.165, 1.54) is 0 Å². The third-order valence-electron chi connectivity index (χ3n) is 2.09. The lowest BCUT2D eigenvalue weighted by molar-refractivity contribution is 0.0962. The Morgan fingerprint density at radius 1 is 1.60 bits per heavy atom. The number of Topliss-reactive ketones (excluding diaryl/α,β-unsaturated/α-hetero) is 1. The normalized spacial score (nSPS) is 12.4. The number of hydrogen-bond donors (Lipinski definition) is 1. The zero-order valence-electron chi connectivity index (χ0n) is 8.85. The maximum Gasteiger partial charge on any atom is 0.182 e. The summed E-state index contributed by atoms with van der Waals surface area (Å²) in [7, 11) is 1.62. The Bertz CT molecular complexity index is 301. The number of aromatic nitrogens is 1. The maximum atomic E-state index is 11.6. The molecule has 0 aliphatic heterocycles. The van der Waals surface area contributed by atoms with Crippen molar-refractivity contribution in [3.8, 4) is 0 Å². The van der Waals surface area contributed by atoms with E-state index in [9.17, 15) is 4.79 Å². The molecule has 82 valence electrons. The third kappa shape index (κ3) is 4.18. The van der Waals surface area contributed by atoms with E-state index in [-0.39, 0.29) is 11.8 Å². The number of methoxy groups -OCH3 is 1. The third-order valence-corrected chi connectivity index (χ3v) is 2.09. The molecule has 0 aliphatic carbocycles. The minimum Gasteiger partial charge on any atom is -0.385 e. The molecule has 0 radical (unpaired) electrons. The zero-order valence-corrected chi connectivity index (χ0v) is 8.85. The standard InChI is InChI=1S/C11H16N2O2/c1-15-7-5-9(12)8-11(14)10-4-2-3-6-13-10/h2-4,6,9H,5,7-8,12H2,1H3. The van der Waals surface area contributed by atoms with Gasteiger partial charge in [-0.05, 0) is 18.6 Å². The second-order valence-corrected chi connectivity index (χ2v) is 3.38. The van der Waals surface area contributed by atoms with Gasteiger partial charge in [-0.3, -0.25) is 9.78 Å². The number of carbonyl (C=O) groups excluding carboxylic acids is 1. The molecule has 4 heteroatoms.